The van der Waals surface area contributed by atoms with Crippen LogP contribution in [0, 0.1) is 5.41 Å². The molecule has 0 bridgehead atoms. The third kappa shape index (κ3) is 2.75. The van der Waals surface area contributed by atoms with Crippen molar-refractivity contribution in [3.05, 3.63) is 23.8 Å². The number of rotatable bonds is 2. The van der Waals surface area contributed by atoms with Gasteiger partial charge in [0.05, 0.1) is 0 Å². The summed E-state index contributed by atoms with van der Waals surface area (Å²) < 4.78 is 0. The second-order valence-corrected chi connectivity index (χ2v) is 5.78. The van der Waals surface area contributed by atoms with Gasteiger partial charge in [0, 0.05) is 11.6 Å². The number of carbonyl (C=O) groups excluding carboxylic acids is 1. The smallest absolute Gasteiger partial charge is 0.251 e. The van der Waals surface area contributed by atoms with E-state index in [1.165, 1.54) is 18.2 Å². The highest BCUT2D eigenvalue weighted by molar-refractivity contribution is 5.95. The van der Waals surface area contributed by atoms with Gasteiger partial charge < -0.3 is 15.5 Å². The zero-order valence-electron chi connectivity index (χ0n) is 10.7. The molecule has 1 fully saturated rings. The molecule has 0 radical (unpaired) electrons. The van der Waals surface area contributed by atoms with E-state index >= 15 is 0 Å². The fourth-order valence-corrected chi connectivity index (χ4v) is 2.49. The molecule has 18 heavy (non-hydrogen) atoms. The molecule has 1 amide bonds. The maximum absolute atomic E-state index is 12.0. The number of nitrogens with one attached hydrogen (secondary N) is 1. The minimum atomic E-state index is -0.269. The van der Waals surface area contributed by atoms with Crippen molar-refractivity contribution >= 4 is 5.91 Å². The number of hydrogen-bond donors (Lipinski definition) is 3. The lowest BCUT2D eigenvalue weighted by molar-refractivity contribution is 0.0935. The van der Waals surface area contributed by atoms with E-state index in [4.69, 9.17) is 0 Å². The lowest BCUT2D eigenvalue weighted by Gasteiger charge is -2.18. The summed E-state index contributed by atoms with van der Waals surface area (Å²) in [4.78, 5) is 12.0. The first-order valence-corrected chi connectivity index (χ1v) is 6.20. The molecule has 1 saturated carbocycles. The third-order valence-corrected chi connectivity index (χ3v) is 3.54. The maximum Gasteiger partial charge on any atom is 0.251 e. The Labute approximate surface area is 107 Å². The van der Waals surface area contributed by atoms with Crippen LogP contribution in [0.5, 0.6) is 11.5 Å². The second kappa shape index (κ2) is 4.52. The van der Waals surface area contributed by atoms with Gasteiger partial charge in [0.25, 0.3) is 5.91 Å². The molecule has 4 heteroatoms. The standard InChI is InChI=1S/C14H19NO3/c1-14(2)6-5-10(8-14)15-13(18)9-3-4-11(16)12(17)7-9/h3-4,7,10,16-17H,5-6,8H2,1-2H3,(H,15,18). The van der Waals surface area contributed by atoms with Crippen molar-refractivity contribution in [2.45, 2.75) is 39.2 Å². The van der Waals surface area contributed by atoms with E-state index < -0.39 is 0 Å². The molecule has 0 aromatic heterocycles. The SMILES string of the molecule is CC1(C)CCC(NC(=O)c2ccc(O)c(O)c2)C1. The van der Waals surface area contributed by atoms with Crippen LogP contribution in [-0.4, -0.2) is 22.2 Å². The Morgan fingerprint density at radius 1 is 1.33 bits per heavy atom. The molecular formula is C14H19NO3. The fraction of sp³-hybridized carbons (Fsp3) is 0.500. The topological polar surface area (TPSA) is 69.6 Å². The molecule has 0 spiro atoms. The summed E-state index contributed by atoms with van der Waals surface area (Å²) in [6, 6.07) is 4.31. The maximum atomic E-state index is 12.0. The van der Waals surface area contributed by atoms with Crippen molar-refractivity contribution in [3.8, 4) is 11.5 Å². The molecule has 0 saturated heterocycles. The lowest BCUT2D eigenvalue weighted by atomic mass is 9.92. The number of carbonyl (C=O) groups is 1. The van der Waals surface area contributed by atoms with Gasteiger partial charge in [0.1, 0.15) is 0 Å². The summed E-state index contributed by atoms with van der Waals surface area (Å²) >= 11 is 0. The molecule has 1 aliphatic carbocycles. The largest absolute Gasteiger partial charge is 0.504 e. The van der Waals surface area contributed by atoms with Crippen LogP contribution in [0.25, 0.3) is 0 Å². The summed E-state index contributed by atoms with van der Waals surface area (Å²) in [5, 5.41) is 21.5. The molecule has 3 N–H and O–H groups in total. The molecule has 1 aliphatic rings. The quantitative estimate of drug-likeness (QED) is 0.705. The minimum absolute atomic E-state index is 0.198. The first-order valence-electron chi connectivity index (χ1n) is 6.20. The van der Waals surface area contributed by atoms with Gasteiger partial charge in [-0.2, -0.15) is 0 Å². The molecule has 98 valence electrons. The highest BCUT2D eigenvalue weighted by Gasteiger charge is 2.31. The van der Waals surface area contributed by atoms with Crippen LogP contribution >= 0.6 is 0 Å². The molecule has 1 aromatic rings. The fourth-order valence-electron chi connectivity index (χ4n) is 2.49. The van der Waals surface area contributed by atoms with Crippen LogP contribution in [-0.2, 0) is 0 Å². The van der Waals surface area contributed by atoms with Crippen molar-refractivity contribution in [1.82, 2.24) is 5.32 Å². The van der Waals surface area contributed by atoms with Crippen molar-refractivity contribution in [2.75, 3.05) is 0 Å². The number of benzene rings is 1. The van der Waals surface area contributed by atoms with Crippen LogP contribution in [0.4, 0.5) is 0 Å². The van der Waals surface area contributed by atoms with E-state index in [2.05, 4.69) is 19.2 Å². The van der Waals surface area contributed by atoms with Crippen LogP contribution < -0.4 is 5.32 Å². The molecule has 0 aliphatic heterocycles. The zero-order chi connectivity index (χ0) is 13.3. The summed E-state index contributed by atoms with van der Waals surface area (Å²) in [6.07, 6.45) is 3.07. The van der Waals surface area contributed by atoms with Crippen molar-refractivity contribution < 1.29 is 15.0 Å². The first-order chi connectivity index (χ1) is 8.37. The minimum Gasteiger partial charge on any atom is -0.504 e. The number of hydrogen-bond acceptors (Lipinski definition) is 3. The number of aromatic hydroxyl groups is 2. The Morgan fingerprint density at radius 2 is 2.06 bits per heavy atom. The normalized spacial score (nSPS) is 21.8. The Bertz CT molecular complexity index is 468. The van der Waals surface area contributed by atoms with Gasteiger partial charge in [-0.3, -0.25) is 4.79 Å². The van der Waals surface area contributed by atoms with Gasteiger partial charge >= 0.3 is 0 Å². The van der Waals surface area contributed by atoms with Crippen molar-refractivity contribution in [2.24, 2.45) is 5.41 Å². The first kappa shape index (κ1) is 12.7. The van der Waals surface area contributed by atoms with Gasteiger partial charge in [0.15, 0.2) is 11.5 Å². The number of amides is 1. The lowest BCUT2D eigenvalue weighted by Crippen LogP contribution is -2.33. The number of phenols is 2. The van der Waals surface area contributed by atoms with Crippen LogP contribution in [0.3, 0.4) is 0 Å². The predicted molar refractivity (Wildman–Crippen MR) is 68.7 cm³/mol. The summed E-state index contributed by atoms with van der Waals surface area (Å²) in [7, 11) is 0. The molecule has 4 nitrogen and oxygen atoms in total. The van der Waals surface area contributed by atoms with Gasteiger partial charge in [0.2, 0.25) is 0 Å². The highest BCUT2D eigenvalue weighted by Crippen LogP contribution is 2.37. The molecule has 1 aromatic carbocycles. The molecule has 1 unspecified atom stereocenters. The van der Waals surface area contributed by atoms with Gasteiger partial charge in [-0.1, -0.05) is 13.8 Å². The van der Waals surface area contributed by atoms with Crippen LogP contribution in [0.1, 0.15) is 43.5 Å². The summed E-state index contributed by atoms with van der Waals surface area (Å²) in [6.45, 7) is 4.40. The third-order valence-electron chi connectivity index (χ3n) is 3.54. The van der Waals surface area contributed by atoms with E-state index in [1.807, 2.05) is 0 Å². The van der Waals surface area contributed by atoms with Gasteiger partial charge in [-0.15, -0.1) is 0 Å². The Kier molecular flexibility index (Phi) is 3.20. The van der Waals surface area contributed by atoms with E-state index in [0.717, 1.165) is 19.3 Å². The predicted octanol–water partition coefficient (Wildman–Crippen LogP) is 2.41. The average Bonchev–Trinajstić information content (AvgIpc) is 2.62. The summed E-state index contributed by atoms with van der Waals surface area (Å²) in [5.41, 5.74) is 0.657. The van der Waals surface area contributed by atoms with E-state index in [0.29, 0.717) is 5.56 Å². The molecule has 2 rings (SSSR count). The number of phenolic OH excluding ortho intramolecular Hbond substituents is 2. The van der Waals surface area contributed by atoms with Gasteiger partial charge in [-0.05, 0) is 42.9 Å². The molecule has 0 heterocycles. The second-order valence-electron chi connectivity index (χ2n) is 5.78. The molecule has 1 atom stereocenters. The van der Waals surface area contributed by atoms with E-state index in [1.54, 1.807) is 0 Å². The Balaban J connectivity index is 2.02. The average molecular weight is 249 g/mol. The van der Waals surface area contributed by atoms with Gasteiger partial charge in [-0.25, -0.2) is 0 Å². The monoisotopic (exact) mass is 249 g/mol. The highest BCUT2D eigenvalue weighted by atomic mass is 16.3. The van der Waals surface area contributed by atoms with Crippen LogP contribution in [0.2, 0.25) is 0 Å². The Hall–Kier alpha value is -1.71. The Morgan fingerprint density at radius 3 is 2.61 bits per heavy atom. The zero-order valence-corrected chi connectivity index (χ0v) is 10.7. The van der Waals surface area contributed by atoms with Crippen LogP contribution in [0.15, 0.2) is 18.2 Å². The van der Waals surface area contributed by atoms with Crippen molar-refractivity contribution in [1.29, 1.82) is 0 Å². The molecular weight excluding hydrogens is 230 g/mol. The summed E-state index contributed by atoms with van der Waals surface area (Å²) in [5.74, 6) is -0.684. The van der Waals surface area contributed by atoms with E-state index in [9.17, 15) is 15.0 Å². The van der Waals surface area contributed by atoms with Crippen molar-refractivity contribution in [3.63, 3.8) is 0 Å². The van der Waals surface area contributed by atoms with E-state index in [-0.39, 0.29) is 28.9 Å².